The Balaban J connectivity index is 0.00000420. The molecule has 39 heavy (non-hydrogen) atoms. The fraction of sp³-hybridized carbons (Fsp3) is 0.233. The molecule has 3 aromatic rings. The summed E-state index contributed by atoms with van der Waals surface area (Å²) in [5, 5.41) is 10.2. The zero-order chi connectivity index (χ0) is 27.2. The van der Waals surface area contributed by atoms with E-state index in [0.29, 0.717) is 34.1 Å². The molecule has 9 heteroatoms. The van der Waals surface area contributed by atoms with Gasteiger partial charge in [-0.05, 0) is 60.7 Å². The second-order valence-electron chi connectivity index (χ2n) is 9.16. The molecule has 6 nitrogen and oxygen atoms in total. The fourth-order valence-electron chi connectivity index (χ4n) is 4.67. The van der Waals surface area contributed by atoms with Gasteiger partial charge in [-0.3, -0.25) is 14.4 Å². The first kappa shape index (κ1) is 30.9. The van der Waals surface area contributed by atoms with Crippen molar-refractivity contribution in [2.45, 2.75) is 38.3 Å². The van der Waals surface area contributed by atoms with E-state index in [1.165, 1.54) is 6.08 Å². The Hall–Kier alpha value is -2.61. The van der Waals surface area contributed by atoms with Crippen molar-refractivity contribution in [2.75, 3.05) is 6.54 Å². The first-order valence-corrected chi connectivity index (χ1v) is 13.2. The van der Waals surface area contributed by atoms with Crippen LogP contribution in [0, 0.1) is 0 Å². The third-order valence-electron chi connectivity index (χ3n) is 6.63. The summed E-state index contributed by atoms with van der Waals surface area (Å²) in [5.41, 5.74) is 2.68. The van der Waals surface area contributed by atoms with Gasteiger partial charge in [-0.25, -0.2) is 0 Å². The van der Waals surface area contributed by atoms with Crippen molar-refractivity contribution < 1.29 is 19.5 Å². The molecule has 1 aliphatic heterocycles. The third-order valence-corrected chi connectivity index (χ3v) is 7.13. The maximum atomic E-state index is 14.4. The SMILES string of the molecule is C[C@H](c1ccc(Cl)cc1)N1C(=O)C=C(c2ccccc2)N(CCCCC(=O)O)C(=O)C1c1ccc(Cl)cc1.[NaH]. The van der Waals surface area contributed by atoms with Gasteiger partial charge in [0.2, 0.25) is 5.91 Å². The Bertz CT molecular complexity index is 1330. The molecule has 0 saturated heterocycles. The van der Waals surface area contributed by atoms with E-state index in [0.717, 1.165) is 11.1 Å². The fourth-order valence-corrected chi connectivity index (χ4v) is 4.92. The van der Waals surface area contributed by atoms with Crippen molar-refractivity contribution in [2.24, 2.45) is 0 Å². The summed E-state index contributed by atoms with van der Waals surface area (Å²) in [6.07, 6.45) is 2.39. The summed E-state index contributed by atoms with van der Waals surface area (Å²) < 4.78 is 0. The van der Waals surface area contributed by atoms with E-state index in [2.05, 4.69) is 0 Å². The molecule has 1 unspecified atom stereocenters. The van der Waals surface area contributed by atoms with Gasteiger partial charge in [0.05, 0.1) is 11.7 Å². The second kappa shape index (κ2) is 14.1. The zero-order valence-corrected chi connectivity index (χ0v) is 22.4. The number of carbonyl (C=O) groups is 3. The average molecular weight is 575 g/mol. The van der Waals surface area contributed by atoms with E-state index in [4.69, 9.17) is 28.3 Å². The number of aliphatic carboxylic acids is 1. The van der Waals surface area contributed by atoms with Crippen molar-refractivity contribution in [3.05, 3.63) is 112 Å². The number of carboxylic acids is 1. The predicted octanol–water partition coefficient (Wildman–Crippen LogP) is 6.11. The van der Waals surface area contributed by atoms with Gasteiger partial charge in [-0.15, -0.1) is 0 Å². The van der Waals surface area contributed by atoms with E-state index in [1.807, 2.05) is 49.4 Å². The number of nitrogens with zero attached hydrogens (tertiary/aromatic N) is 2. The number of amides is 2. The van der Waals surface area contributed by atoms with Crippen LogP contribution in [0.25, 0.3) is 5.70 Å². The topological polar surface area (TPSA) is 77.9 Å². The zero-order valence-electron chi connectivity index (χ0n) is 20.9. The number of benzene rings is 3. The number of rotatable bonds is 9. The molecule has 0 spiro atoms. The number of unbranched alkanes of at least 4 members (excludes halogenated alkanes) is 1. The number of carboxylic acid groups (broad SMARTS) is 1. The van der Waals surface area contributed by atoms with Crippen LogP contribution in [0.2, 0.25) is 10.0 Å². The van der Waals surface area contributed by atoms with Crippen LogP contribution in [0.5, 0.6) is 0 Å². The van der Waals surface area contributed by atoms with Gasteiger partial charge in [0.1, 0.15) is 6.04 Å². The molecule has 1 heterocycles. The van der Waals surface area contributed by atoms with E-state index >= 15 is 0 Å². The molecule has 0 aliphatic carbocycles. The summed E-state index contributed by atoms with van der Waals surface area (Å²) in [4.78, 5) is 42.7. The standard InChI is InChI=1S/C30H28Cl2N2O4.Na.H/c1-20(21-10-14-24(31)15-11-21)34-27(35)19-26(22-7-3-2-4-8-22)33(18-6-5-9-28(36)37)30(38)29(34)23-12-16-25(32)17-13-23;;/h2-4,7-8,10-17,19-20,29H,5-6,9,18H2,1H3,(H,36,37);;/t20-,29?;;/m1../s1. The predicted molar refractivity (Wildman–Crippen MR) is 156 cm³/mol. The van der Waals surface area contributed by atoms with Crippen molar-refractivity contribution in [1.82, 2.24) is 9.80 Å². The van der Waals surface area contributed by atoms with E-state index in [-0.39, 0.29) is 54.3 Å². The molecule has 0 radical (unpaired) electrons. The minimum absolute atomic E-state index is 0. The maximum absolute atomic E-state index is 14.4. The van der Waals surface area contributed by atoms with E-state index < -0.39 is 18.1 Å². The molecule has 2 atom stereocenters. The average Bonchev–Trinajstić information content (AvgIpc) is 3.01. The summed E-state index contributed by atoms with van der Waals surface area (Å²) in [7, 11) is 0. The molecule has 0 aromatic heterocycles. The van der Waals surface area contributed by atoms with Gasteiger partial charge in [0.25, 0.3) is 5.91 Å². The molecule has 3 aromatic carbocycles. The quantitative estimate of drug-likeness (QED) is 0.247. The molecule has 0 saturated carbocycles. The summed E-state index contributed by atoms with van der Waals surface area (Å²) in [6.45, 7) is 2.16. The normalized spacial score (nSPS) is 16.3. The Morgan fingerprint density at radius 3 is 2.08 bits per heavy atom. The third kappa shape index (κ3) is 7.53. The van der Waals surface area contributed by atoms with Gasteiger partial charge >= 0.3 is 35.5 Å². The summed E-state index contributed by atoms with van der Waals surface area (Å²) in [5.74, 6) is -1.47. The van der Waals surface area contributed by atoms with E-state index in [9.17, 15) is 14.4 Å². The van der Waals surface area contributed by atoms with Crippen LogP contribution in [0.1, 0.15) is 55.0 Å². The van der Waals surface area contributed by atoms with Crippen molar-refractivity contribution in [1.29, 1.82) is 0 Å². The van der Waals surface area contributed by atoms with Crippen molar-refractivity contribution in [3.8, 4) is 0 Å². The van der Waals surface area contributed by atoms with Gasteiger partial charge in [-0.1, -0.05) is 77.8 Å². The first-order chi connectivity index (χ1) is 18.3. The molecule has 2 amide bonds. The Labute approximate surface area is 260 Å². The van der Waals surface area contributed by atoms with Crippen LogP contribution in [0.3, 0.4) is 0 Å². The molecule has 1 aliphatic rings. The van der Waals surface area contributed by atoms with Crippen molar-refractivity contribution in [3.63, 3.8) is 0 Å². The van der Waals surface area contributed by atoms with Gasteiger partial charge in [0.15, 0.2) is 0 Å². The van der Waals surface area contributed by atoms with Gasteiger partial charge in [-0.2, -0.15) is 0 Å². The Morgan fingerprint density at radius 2 is 1.49 bits per heavy atom. The summed E-state index contributed by atoms with van der Waals surface area (Å²) >= 11 is 12.3. The van der Waals surface area contributed by atoms with Crippen LogP contribution < -0.4 is 0 Å². The molecule has 1 N–H and O–H groups in total. The summed E-state index contributed by atoms with van der Waals surface area (Å²) in [6, 6.07) is 22.0. The molecule has 198 valence electrons. The van der Waals surface area contributed by atoms with Crippen LogP contribution in [0.15, 0.2) is 84.9 Å². The molecule has 0 fully saturated rings. The minimum atomic E-state index is -0.928. The second-order valence-corrected chi connectivity index (χ2v) is 10.0. The van der Waals surface area contributed by atoms with Crippen LogP contribution in [-0.2, 0) is 14.4 Å². The van der Waals surface area contributed by atoms with E-state index in [1.54, 1.807) is 46.2 Å². The number of halogens is 2. The Morgan fingerprint density at radius 1 is 0.897 bits per heavy atom. The molecular formula is C30H29Cl2N2NaO4. The molecule has 0 bridgehead atoms. The molecular weight excluding hydrogens is 546 g/mol. The van der Waals surface area contributed by atoms with Crippen LogP contribution in [0.4, 0.5) is 0 Å². The number of hydrogen-bond donors (Lipinski definition) is 1. The Kier molecular flexibility index (Phi) is 11.2. The first-order valence-electron chi connectivity index (χ1n) is 12.4. The van der Waals surface area contributed by atoms with Crippen LogP contribution >= 0.6 is 23.2 Å². The monoisotopic (exact) mass is 574 g/mol. The number of hydrogen-bond acceptors (Lipinski definition) is 3. The van der Waals surface area contributed by atoms with Gasteiger partial charge in [0, 0.05) is 29.1 Å². The van der Waals surface area contributed by atoms with Crippen molar-refractivity contribution >= 4 is 76.2 Å². The molecule has 4 rings (SSSR count). The van der Waals surface area contributed by atoms with Crippen LogP contribution in [-0.4, -0.2) is 68.8 Å². The number of carbonyl (C=O) groups excluding carboxylic acids is 2. The van der Waals surface area contributed by atoms with Gasteiger partial charge < -0.3 is 14.9 Å².